The summed E-state index contributed by atoms with van der Waals surface area (Å²) in [5.74, 6) is 0.538. The minimum atomic E-state index is -0.0663. The summed E-state index contributed by atoms with van der Waals surface area (Å²) in [5.41, 5.74) is 2.03. The highest BCUT2D eigenvalue weighted by atomic mass is 16.5. The van der Waals surface area contributed by atoms with Crippen molar-refractivity contribution in [2.24, 2.45) is 0 Å². The maximum absolute atomic E-state index is 13.3. The molecule has 2 amide bonds. The monoisotopic (exact) mass is 455 g/mol. The van der Waals surface area contributed by atoms with Crippen molar-refractivity contribution in [1.82, 2.24) is 14.4 Å². The Hall–Kier alpha value is -4.13. The molecule has 1 aromatic heterocycles. The van der Waals surface area contributed by atoms with Crippen molar-refractivity contribution in [3.8, 4) is 5.75 Å². The van der Waals surface area contributed by atoms with Crippen molar-refractivity contribution in [2.75, 3.05) is 33.3 Å². The van der Waals surface area contributed by atoms with E-state index in [2.05, 4.69) is 0 Å². The summed E-state index contributed by atoms with van der Waals surface area (Å²) in [5, 5.41) is 1.20. The Labute approximate surface area is 196 Å². The fraction of sp³-hybridized carbons (Fsp3) is 0.222. The zero-order valence-electron chi connectivity index (χ0n) is 18.9. The number of aromatic nitrogens is 1. The van der Waals surface area contributed by atoms with E-state index in [1.54, 1.807) is 53.3 Å². The van der Waals surface area contributed by atoms with Gasteiger partial charge in [0.1, 0.15) is 12.3 Å². The van der Waals surface area contributed by atoms with E-state index in [4.69, 9.17) is 4.74 Å². The molecule has 0 N–H and O–H groups in total. The number of hydrogen-bond acceptors (Lipinski definition) is 4. The van der Waals surface area contributed by atoms with Gasteiger partial charge >= 0.3 is 0 Å². The molecule has 1 saturated heterocycles. The van der Waals surface area contributed by atoms with Crippen LogP contribution in [0.2, 0.25) is 0 Å². The van der Waals surface area contributed by atoms with E-state index in [0.29, 0.717) is 48.3 Å². The summed E-state index contributed by atoms with van der Waals surface area (Å²) in [6, 6.07) is 21.9. The molecule has 0 bridgehead atoms. The second-order valence-corrected chi connectivity index (χ2v) is 8.35. The van der Waals surface area contributed by atoms with E-state index < -0.39 is 0 Å². The smallest absolute Gasteiger partial charge is 0.254 e. The molecule has 7 heteroatoms. The number of carbonyl (C=O) groups is 2. The van der Waals surface area contributed by atoms with Gasteiger partial charge in [-0.3, -0.25) is 14.4 Å². The number of benzene rings is 3. The number of fused-ring (bicyclic) bond motifs is 2. The number of carbonyl (C=O) groups excluding carboxylic acids is 2. The van der Waals surface area contributed by atoms with E-state index in [-0.39, 0.29) is 23.8 Å². The standard InChI is InChI=1S/C27H25N3O4/c1-34-20-8-6-7-19(17-20)27(33)29-15-13-28(14-16-29)25(31)18-30-23-11-4-2-9-21(23)26(32)22-10-3-5-12-24(22)30/h2-12,17H,13-16,18H2,1H3. The molecular formula is C27H25N3O4. The first-order valence-electron chi connectivity index (χ1n) is 11.3. The first-order chi connectivity index (χ1) is 16.6. The quantitative estimate of drug-likeness (QED) is 0.443. The first kappa shape index (κ1) is 21.7. The molecule has 0 aliphatic carbocycles. The molecule has 3 aromatic carbocycles. The average Bonchev–Trinajstić information content (AvgIpc) is 2.90. The van der Waals surface area contributed by atoms with Gasteiger partial charge in [0.05, 0.1) is 18.1 Å². The van der Waals surface area contributed by atoms with Crippen LogP contribution in [-0.4, -0.2) is 59.5 Å². The van der Waals surface area contributed by atoms with Crippen molar-refractivity contribution >= 4 is 33.6 Å². The Kier molecular flexibility index (Phi) is 5.76. The predicted molar refractivity (Wildman–Crippen MR) is 131 cm³/mol. The van der Waals surface area contributed by atoms with Gasteiger partial charge in [-0.05, 0) is 42.5 Å². The normalized spacial score (nSPS) is 13.9. The fourth-order valence-electron chi connectivity index (χ4n) is 4.58. The third-order valence-corrected chi connectivity index (χ3v) is 6.41. The lowest BCUT2D eigenvalue weighted by atomic mass is 10.1. The Balaban J connectivity index is 1.35. The van der Waals surface area contributed by atoms with Gasteiger partial charge in [-0.2, -0.15) is 0 Å². The van der Waals surface area contributed by atoms with Crippen molar-refractivity contribution in [3.05, 3.63) is 88.6 Å². The molecule has 0 spiro atoms. The highest BCUT2D eigenvalue weighted by molar-refractivity contribution is 5.96. The zero-order valence-corrected chi connectivity index (χ0v) is 18.9. The second-order valence-electron chi connectivity index (χ2n) is 8.35. The summed E-state index contributed by atoms with van der Waals surface area (Å²) in [4.78, 5) is 42.7. The number of rotatable bonds is 4. The van der Waals surface area contributed by atoms with Crippen LogP contribution in [0.4, 0.5) is 0 Å². The number of nitrogens with zero attached hydrogens (tertiary/aromatic N) is 3. The van der Waals surface area contributed by atoms with Crippen LogP contribution < -0.4 is 10.2 Å². The largest absolute Gasteiger partial charge is 0.497 e. The van der Waals surface area contributed by atoms with Gasteiger partial charge in [-0.15, -0.1) is 0 Å². The zero-order chi connectivity index (χ0) is 23.7. The van der Waals surface area contributed by atoms with E-state index in [1.165, 1.54) is 0 Å². The average molecular weight is 456 g/mol. The van der Waals surface area contributed by atoms with E-state index >= 15 is 0 Å². The number of ether oxygens (including phenoxy) is 1. The number of hydrogen-bond donors (Lipinski definition) is 0. The number of amides is 2. The Bertz CT molecular complexity index is 1390. The molecule has 1 aliphatic rings. The molecule has 172 valence electrons. The van der Waals surface area contributed by atoms with Gasteiger partial charge in [-0.25, -0.2) is 0 Å². The highest BCUT2D eigenvalue weighted by Crippen LogP contribution is 2.20. The summed E-state index contributed by atoms with van der Waals surface area (Å²) in [6.07, 6.45) is 0. The van der Waals surface area contributed by atoms with Crippen LogP contribution in [0.3, 0.4) is 0 Å². The maximum atomic E-state index is 13.3. The van der Waals surface area contributed by atoms with Gasteiger partial charge < -0.3 is 19.1 Å². The number of para-hydroxylation sites is 2. The summed E-state index contributed by atoms with van der Waals surface area (Å²) in [7, 11) is 1.57. The first-order valence-corrected chi connectivity index (χ1v) is 11.3. The summed E-state index contributed by atoms with van der Waals surface area (Å²) in [6.45, 7) is 1.99. The minimum Gasteiger partial charge on any atom is -0.497 e. The van der Waals surface area contributed by atoms with Crippen LogP contribution in [0.1, 0.15) is 10.4 Å². The molecule has 4 aromatic rings. The molecule has 7 nitrogen and oxygen atoms in total. The fourth-order valence-corrected chi connectivity index (χ4v) is 4.58. The van der Waals surface area contributed by atoms with Crippen molar-refractivity contribution in [2.45, 2.75) is 6.54 Å². The van der Waals surface area contributed by atoms with Crippen LogP contribution in [0.25, 0.3) is 21.8 Å². The van der Waals surface area contributed by atoms with Crippen molar-refractivity contribution in [1.29, 1.82) is 0 Å². The predicted octanol–water partition coefficient (Wildman–Crippen LogP) is 3.15. The van der Waals surface area contributed by atoms with Crippen LogP contribution in [0.15, 0.2) is 77.6 Å². The lowest BCUT2D eigenvalue weighted by Crippen LogP contribution is -2.51. The van der Waals surface area contributed by atoms with Crippen LogP contribution in [-0.2, 0) is 11.3 Å². The lowest BCUT2D eigenvalue weighted by Gasteiger charge is -2.35. The van der Waals surface area contributed by atoms with Crippen LogP contribution in [0.5, 0.6) is 5.75 Å². The van der Waals surface area contributed by atoms with Gasteiger partial charge in [-0.1, -0.05) is 30.3 Å². The molecule has 5 rings (SSSR count). The van der Waals surface area contributed by atoms with Crippen molar-refractivity contribution in [3.63, 3.8) is 0 Å². The molecular weight excluding hydrogens is 430 g/mol. The highest BCUT2D eigenvalue weighted by Gasteiger charge is 2.25. The Morgan fingerprint density at radius 1 is 0.794 bits per heavy atom. The Morgan fingerprint density at radius 3 is 2.00 bits per heavy atom. The second kappa shape index (κ2) is 9.02. The summed E-state index contributed by atoms with van der Waals surface area (Å²) < 4.78 is 7.14. The van der Waals surface area contributed by atoms with E-state index in [0.717, 1.165) is 11.0 Å². The number of methoxy groups -OCH3 is 1. The summed E-state index contributed by atoms with van der Waals surface area (Å²) >= 11 is 0. The SMILES string of the molecule is COc1cccc(C(=O)N2CCN(C(=O)Cn3c4ccccc4c(=O)c4ccccc43)CC2)c1. The van der Waals surface area contributed by atoms with Gasteiger partial charge in [0, 0.05) is 42.5 Å². The van der Waals surface area contributed by atoms with Gasteiger partial charge in [0.25, 0.3) is 5.91 Å². The molecule has 2 heterocycles. The molecule has 34 heavy (non-hydrogen) atoms. The van der Waals surface area contributed by atoms with Gasteiger partial charge in [0.2, 0.25) is 5.91 Å². The van der Waals surface area contributed by atoms with Crippen LogP contribution >= 0.6 is 0 Å². The maximum Gasteiger partial charge on any atom is 0.254 e. The van der Waals surface area contributed by atoms with E-state index in [9.17, 15) is 14.4 Å². The third kappa shape index (κ3) is 3.90. The van der Waals surface area contributed by atoms with Gasteiger partial charge in [0.15, 0.2) is 5.43 Å². The topological polar surface area (TPSA) is 71.8 Å². The minimum absolute atomic E-state index is 0.0282. The molecule has 0 unspecified atom stereocenters. The molecule has 0 atom stereocenters. The lowest BCUT2D eigenvalue weighted by molar-refractivity contribution is -0.133. The number of piperazine rings is 1. The van der Waals surface area contributed by atoms with Crippen LogP contribution in [0, 0.1) is 0 Å². The van der Waals surface area contributed by atoms with E-state index in [1.807, 2.05) is 41.0 Å². The third-order valence-electron chi connectivity index (χ3n) is 6.41. The molecule has 1 aliphatic heterocycles. The Morgan fingerprint density at radius 2 is 1.38 bits per heavy atom. The van der Waals surface area contributed by atoms with Crippen molar-refractivity contribution < 1.29 is 14.3 Å². The molecule has 0 radical (unpaired) electrons. The number of pyridine rings is 1. The molecule has 1 fully saturated rings. The molecule has 0 saturated carbocycles.